The molecule has 0 saturated carbocycles. The lowest BCUT2D eigenvalue weighted by Crippen LogP contribution is -3.00. The van der Waals surface area contributed by atoms with Crippen molar-refractivity contribution >= 4 is 22.9 Å². The predicted octanol–water partition coefficient (Wildman–Crippen LogP) is -2.06. The summed E-state index contributed by atoms with van der Waals surface area (Å²) < 4.78 is 3.03. The maximum atomic E-state index is 3.03. The van der Waals surface area contributed by atoms with Crippen molar-refractivity contribution in [2.75, 3.05) is 0 Å². The Balaban J connectivity index is 0.000000810. The summed E-state index contributed by atoms with van der Waals surface area (Å²) in [5.74, 6) is 0. The fourth-order valence-electron chi connectivity index (χ4n) is 0.618. The zero-order valence-electron chi connectivity index (χ0n) is 5.27. The highest BCUT2D eigenvalue weighted by Gasteiger charge is 1.89. The SMILES string of the molecule is INCc1ccc[nH+]c1.[I-]. The molecule has 0 spiro atoms. The minimum absolute atomic E-state index is 0. The Morgan fingerprint density at radius 1 is 1.60 bits per heavy atom. The van der Waals surface area contributed by atoms with Gasteiger partial charge in [-0.1, -0.05) is 0 Å². The molecule has 0 amide bonds. The summed E-state index contributed by atoms with van der Waals surface area (Å²) in [4.78, 5) is 3.00. The number of nitrogens with one attached hydrogen (secondary N) is 2. The first kappa shape index (κ1) is 10.6. The molecule has 56 valence electrons. The molecule has 0 aliphatic heterocycles. The van der Waals surface area contributed by atoms with Crippen LogP contribution in [0.25, 0.3) is 0 Å². The van der Waals surface area contributed by atoms with Gasteiger partial charge < -0.3 is 24.0 Å². The van der Waals surface area contributed by atoms with Crippen LogP contribution in [-0.2, 0) is 6.54 Å². The zero-order chi connectivity index (χ0) is 6.53. The van der Waals surface area contributed by atoms with Crippen LogP contribution in [0.2, 0.25) is 0 Å². The van der Waals surface area contributed by atoms with Crippen molar-refractivity contribution in [3.8, 4) is 0 Å². The molecule has 0 aliphatic rings. The average Bonchev–Trinajstić information content (AvgIpc) is 1.91. The van der Waals surface area contributed by atoms with Gasteiger partial charge in [-0.15, -0.1) is 0 Å². The highest BCUT2D eigenvalue weighted by atomic mass is 127. The van der Waals surface area contributed by atoms with Gasteiger partial charge in [-0.2, -0.15) is 0 Å². The van der Waals surface area contributed by atoms with Crippen LogP contribution >= 0.6 is 22.9 Å². The van der Waals surface area contributed by atoms with Gasteiger partial charge >= 0.3 is 0 Å². The van der Waals surface area contributed by atoms with E-state index < -0.39 is 0 Å². The monoisotopic (exact) mass is 362 g/mol. The molecule has 0 bridgehead atoms. The van der Waals surface area contributed by atoms with Gasteiger partial charge in [0.25, 0.3) is 0 Å². The van der Waals surface area contributed by atoms with E-state index in [2.05, 4.69) is 37.4 Å². The number of pyridine rings is 1. The Morgan fingerprint density at radius 3 is 2.90 bits per heavy atom. The second-order valence-electron chi connectivity index (χ2n) is 1.72. The second-order valence-corrected chi connectivity index (χ2v) is 2.48. The molecule has 1 heterocycles. The smallest absolute Gasteiger partial charge is 0.171 e. The van der Waals surface area contributed by atoms with Crippen molar-refractivity contribution in [1.82, 2.24) is 3.53 Å². The highest BCUT2D eigenvalue weighted by molar-refractivity contribution is 14.1. The van der Waals surface area contributed by atoms with Crippen molar-refractivity contribution in [3.63, 3.8) is 0 Å². The summed E-state index contributed by atoms with van der Waals surface area (Å²) in [7, 11) is 0. The number of aromatic nitrogens is 1. The third-order valence-corrected chi connectivity index (χ3v) is 1.42. The molecule has 0 aliphatic carbocycles. The Kier molecular flexibility index (Phi) is 6.65. The topological polar surface area (TPSA) is 26.2 Å². The van der Waals surface area contributed by atoms with Gasteiger partial charge in [-0.25, -0.2) is 4.98 Å². The van der Waals surface area contributed by atoms with E-state index >= 15 is 0 Å². The van der Waals surface area contributed by atoms with Crippen molar-refractivity contribution in [1.29, 1.82) is 0 Å². The van der Waals surface area contributed by atoms with Gasteiger partial charge in [0.05, 0.1) is 0 Å². The van der Waals surface area contributed by atoms with E-state index in [4.69, 9.17) is 0 Å². The third kappa shape index (κ3) is 3.67. The Morgan fingerprint density at radius 2 is 2.40 bits per heavy atom. The second kappa shape index (κ2) is 6.29. The van der Waals surface area contributed by atoms with E-state index in [1.54, 1.807) is 0 Å². The summed E-state index contributed by atoms with van der Waals surface area (Å²) in [6, 6.07) is 4.06. The van der Waals surface area contributed by atoms with Gasteiger partial charge in [0.1, 0.15) is 0 Å². The van der Waals surface area contributed by atoms with Gasteiger partial charge in [0, 0.05) is 41.0 Å². The van der Waals surface area contributed by atoms with Crippen LogP contribution in [0.15, 0.2) is 24.5 Å². The number of rotatable bonds is 2. The van der Waals surface area contributed by atoms with Crippen LogP contribution in [0.3, 0.4) is 0 Å². The highest BCUT2D eigenvalue weighted by Crippen LogP contribution is 1.92. The summed E-state index contributed by atoms with van der Waals surface area (Å²) in [6.07, 6.45) is 3.88. The molecule has 1 aromatic rings. The summed E-state index contributed by atoms with van der Waals surface area (Å²) in [5.41, 5.74) is 1.27. The van der Waals surface area contributed by atoms with Crippen LogP contribution in [0.4, 0.5) is 0 Å². The van der Waals surface area contributed by atoms with Crippen LogP contribution < -0.4 is 32.5 Å². The van der Waals surface area contributed by atoms with Crippen molar-refractivity contribution in [2.45, 2.75) is 6.54 Å². The van der Waals surface area contributed by atoms with Crippen LogP contribution in [0.5, 0.6) is 0 Å². The molecular formula is C6H8I2N2. The normalized spacial score (nSPS) is 8.50. The third-order valence-electron chi connectivity index (χ3n) is 1.04. The minimum atomic E-state index is 0. The molecule has 2 N–H and O–H groups in total. The van der Waals surface area contributed by atoms with E-state index in [1.165, 1.54) is 5.56 Å². The fraction of sp³-hybridized carbons (Fsp3) is 0.167. The lowest BCUT2D eigenvalue weighted by atomic mass is 10.3. The fourth-order valence-corrected chi connectivity index (χ4v) is 1.06. The first-order valence-electron chi connectivity index (χ1n) is 2.72. The van der Waals surface area contributed by atoms with Crippen LogP contribution in [0, 0.1) is 0 Å². The molecule has 0 saturated heterocycles. The number of hydrogen-bond acceptors (Lipinski definition) is 1. The molecule has 0 fully saturated rings. The minimum Gasteiger partial charge on any atom is -1.00 e. The summed E-state index contributed by atoms with van der Waals surface area (Å²) in [5, 5.41) is 0. The van der Waals surface area contributed by atoms with E-state index in [-0.39, 0.29) is 24.0 Å². The van der Waals surface area contributed by atoms with Crippen molar-refractivity contribution in [3.05, 3.63) is 30.1 Å². The van der Waals surface area contributed by atoms with E-state index in [9.17, 15) is 0 Å². The van der Waals surface area contributed by atoms with Gasteiger partial charge in [0.15, 0.2) is 12.4 Å². The lowest BCUT2D eigenvalue weighted by Gasteiger charge is -1.90. The zero-order valence-corrected chi connectivity index (χ0v) is 9.59. The van der Waals surface area contributed by atoms with Crippen molar-refractivity contribution < 1.29 is 29.0 Å². The number of aromatic amines is 1. The Hall–Kier alpha value is 0.570. The Labute approximate surface area is 91.3 Å². The maximum Gasteiger partial charge on any atom is 0.171 e. The molecule has 2 nitrogen and oxygen atoms in total. The molecule has 0 radical (unpaired) electrons. The first-order chi connectivity index (χ1) is 4.43. The maximum absolute atomic E-state index is 3.03. The Bertz CT molecular complexity index is 167. The molecule has 1 rings (SSSR count). The molecule has 4 heteroatoms. The van der Waals surface area contributed by atoms with E-state index in [0.717, 1.165) is 6.54 Å². The van der Waals surface area contributed by atoms with E-state index in [1.807, 2.05) is 18.5 Å². The number of H-pyrrole nitrogens is 1. The molecule has 0 atom stereocenters. The molecule has 0 unspecified atom stereocenters. The summed E-state index contributed by atoms with van der Waals surface area (Å²) in [6.45, 7) is 0.915. The molecular weight excluding hydrogens is 354 g/mol. The predicted molar refractivity (Wildman–Crippen MR) is 43.9 cm³/mol. The van der Waals surface area contributed by atoms with Crippen molar-refractivity contribution in [2.24, 2.45) is 0 Å². The number of halogens is 2. The van der Waals surface area contributed by atoms with Crippen LogP contribution in [0.1, 0.15) is 5.56 Å². The molecule has 0 aromatic carbocycles. The average molecular weight is 362 g/mol. The van der Waals surface area contributed by atoms with Crippen LogP contribution in [-0.4, -0.2) is 0 Å². The first-order valence-corrected chi connectivity index (χ1v) is 3.80. The van der Waals surface area contributed by atoms with Gasteiger partial charge in [-0.05, 0) is 6.07 Å². The quantitative estimate of drug-likeness (QED) is 0.476. The standard InChI is InChI=1S/C6H7IN2.HI/c7-9-5-6-2-1-3-8-4-6;/h1-4,9H,5H2;1H. The molecule has 1 aromatic heterocycles. The van der Waals surface area contributed by atoms with Gasteiger partial charge in [0.2, 0.25) is 0 Å². The summed E-state index contributed by atoms with van der Waals surface area (Å²) >= 11 is 2.13. The number of hydrogen-bond donors (Lipinski definition) is 1. The molecule has 10 heavy (non-hydrogen) atoms. The van der Waals surface area contributed by atoms with Gasteiger partial charge in [-0.3, -0.25) is 3.53 Å². The lowest BCUT2D eigenvalue weighted by molar-refractivity contribution is -0.378. The largest absolute Gasteiger partial charge is 1.00 e. The van der Waals surface area contributed by atoms with E-state index in [0.29, 0.717) is 0 Å².